The molecule has 17 heavy (non-hydrogen) atoms. The molecule has 0 unspecified atom stereocenters. The predicted molar refractivity (Wildman–Crippen MR) is 63.1 cm³/mol. The molecule has 1 aromatic heterocycles. The Labute approximate surface area is 102 Å². The minimum Gasteiger partial charge on any atom is -0.542 e. The first-order valence-electron chi connectivity index (χ1n) is 5.97. The smallest absolute Gasteiger partial charge is 0.171 e. The van der Waals surface area contributed by atoms with Crippen LogP contribution in [-0.2, 0) is 0 Å². The van der Waals surface area contributed by atoms with Crippen molar-refractivity contribution in [3.8, 4) is 0 Å². The number of nitrogens with one attached hydrogen (secondary N) is 1. The topological polar surface area (TPSA) is 81.7 Å². The fourth-order valence-corrected chi connectivity index (χ4v) is 1.65. The second kappa shape index (κ2) is 7.78. The maximum atomic E-state index is 9.82. The van der Waals surface area contributed by atoms with Crippen LogP contribution in [0.4, 0.5) is 0 Å². The van der Waals surface area contributed by atoms with Crippen LogP contribution in [0.1, 0.15) is 38.3 Å². The van der Waals surface area contributed by atoms with Crippen molar-refractivity contribution < 1.29 is 14.4 Å². The average molecular weight is 242 g/mol. The summed E-state index contributed by atoms with van der Waals surface area (Å²) in [5.74, 6) is -1.59. The minimum absolute atomic E-state index is 0.245. The van der Waals surface area contributed by atoms with E-state index in [1.54, 1.807) is 0 Å². The van der Waals surface area contributed by atoms with Gasteiger partial charge in [0.15, 0.2) is 5.82 Å². The van der Waals surface area contributed by atoms with Crippen LogP contribution < -0.4 is 5.11 Å². The summed E-state index contributed by atoms with van der Waals surface area (Å²) in [6.07, 6.45) is 1.10. The first kappa shape index (κ1) is 15.6. The highest BCUT2D eigenvalue weighted by Crippen LogP contribution is 2.03. The SMILES string of the molecule is CC[N+](CC)(CC)CC.O=C([O-])c1ncn[nH]1. The van der Waals surface area contributed by atoms with E-state index >= 15 is 0 Å². The first-order valence-corrected chi connectivity index (χ1v) is 5.97. The summed E-state index contributed by atoms with van der Waals surface area (Å²) in [7, 11) is 0. The summed E-state index contributed by atoms with van der Waals surface area (Å²) in [5, 5.41) is 15.2. The van der Waals surface area contributed by atoms with Gasteiger partial charge in [-0.05, 0) is 27.7 Å². The van der Waals surface area contributed by atoms with Crippen molar-refractivity contribution in [2.24, 2.45) is 0 Å². The van der Waals surface area contributed by atoms with Gasteiger partial charge in [-0.25, -0.2) is 4.98 Å². The number of H-pyrrole nitrogens is 1. The lowest BCUT2D eigenvalue weighted by atomic mass is 10.3. The van der Waals surface area contributed by atoms with Gasteiger partial charge < -0.3 is 14.4 Å². The fourth-order valence-electron chi connectivity index (χ4n) is 1.65. The second-order valence-electron chi connectivity index (χ2n) is 3.73. The third-order valence-corrected chi connectivity index (χ3v) is 3.29. The molecule has 0 spiro atoms. The van der Waals surface area contributed by atoms with Gasteiger partial charge in [-0.15, -0.1) is 0 Å². The number of carbonyl (C=O) groups excluding carboxylic acids is 1. The molecule has 1 N–H and O–H groups in total. The number of nitrogens with zero attached hydrogens (tertiary/aromatic N) is 3. The number of aromatic carboxylic acids is 1. The first-order chi connectivity index (χ1) is 8.05. The van der Waals surface area contributed by atoms with Gasteiger partial charge in [0.25, 0.3) is 0 Å². The van der Waals surface area contributed by atoms with E-state index < -0.39 is 5.97 Å². The van der Waals surface area contributed by atoms with Crippen LogP contribution in [-0.4, -0.2) is 51.8 Å². The number of aromatic amines is 1. The van der Waals surface area contributed by atoms with Crippen LogP contribution >= 0.6 is 0 Å². The molecule has 0 saturated heterocycles. The Hall–Kier alpha value is -1.43. The minimum atomic E-state index is -1.34. The average Bonchev–Trinajstić information content (AvgIpc) is 2.87. The molecule has 0 atom stereocenters. The van der Waals surface area contributed by atoms with Crippen LogP contribution in [0.15, 0.2) is 6.33 Å². The Balaban J connectivity index is 0.000000302. The number of aromatic nitrogens is 3. The molecule has 0 saturated carbocycles. The fraction of sp³-hybridized carbons (Fsp3) is 0.727. The lowest BCUT2D eigenvalue weighted by Gasteiger charge is -2.34. The van der Waals surface area contributed by atoms with E-state index in [1.165, 1.54) is 30.7 Å². The Bertz CT molecular complexity index is 290. The van der Waals surface area contributed by atoms with E-state index in [-0.39, 0.29) is 5.82 Å². The normalized spacial score (nSPS) is 10.6. The van der Waals surface area contributed by atoms with Crippen LogP contribution in [0.2, 0.25) is 0 Å². The lowest BCUT2D eigenvalue weighted by Crippen LogP contribution is -2.47. The molecular formula is C11H22N4O2. The highest BCUT2D eigenvalue weighted by atomic mass is 16.4. The van der Waals surface area contributed by atoms with E-state index in [1.807, 2.05) is 0 Å². The molecule has 1 aromatic rings. The molecule has 6 nitrogen and oxygen atoms in total. The van der Waals surface area contributed by atoms with Crippen molar-refractivity contribution in [2.45, 2.75) is 27.7 Å². The molecule has 0 bridgehead atoms. The van der Waals surface area contributed by atoms with Gasteiger partial charge in [0.1, 0.15) is 12.3 Å². The highest BCUT2D eigenvalue weighted by Gasteiger charge is 2.16. The molecule has 6 heteroatoms. The highest BCUT2D eigenvalue weighted by molar-refractivity contribution is 5.80. The summed E-state index contributed by atoms with van der Waals surface area (Å²) in [6, 6.07) is 0. The number of rotatable bonds is 5. The van der Waals surface area contributed by atoms with Crippen molar-refractivity contribution in [1.82, 2.24) is 15.2 Å². The Morgan fingerprint density at radius 2 is 1.71 bits per heavy atom. The third-order valence-electron chi connectivity index (χ3n) is 3.29. The summed E-state index contributed by atoms with van der Waals surface area (Å²) < 4.78 is 1.28. The zero-order valence-electron chi connectivity index (χ0n) is 11.1. The third kappa shape index (κ3) is 4.95. The molecule has 98 valence electrons. The molecule has 0 aliphatic carbocycles. The molecule has 1 rings (SSSR count). The summed E-state index contributed by atoms with van der Waals surface area (Å²) in [6.45, 7) is 14.2. The van der Waals surface area contributed by atoms with E-state index in [2.05, 4.69) is 42.9 Å². The second-order valence-corrected chi connectivity index (χ2v) is 3.73. The zero-order chi connectivity index (χ0) is 13.3. The molecule has 0 aliphatic heterocycles. The Kier molecular flexibility index (Phi) is 7.13. The maximum Gasteiger partial charge on any atom is 0.171 e. The summed E-state index contributed by atoms with van der Waals surface area (Å²) >= 11 is 0. The Morgan fingerprint density at radius 3 is 1.82 bits per heavy atom. The molecule has 0 radical (unpaired) electrons. The van der Waals surface area contributed by atoms with Crippen molar-refractivity contribution in [2.75, 3.05) is 26.2 Å². The number of hydrogen-bond donors (Lipinski definition) is 1. The van der Waals surface area contributed by atoms with Crippen molar-refractivity contribution >= 4 is 5.97 Å². The summed E-state index contributed by atoms with van der Waals surface area (Å²) in [5.41, 5.74) is 0. The van der Waals surface area contributed by atoms with Gasteiger partial charge >= 0.3 is 0 Å². The molecular weight excluding hydrogens is 220 g/mol. The van der Waals surface area contributed by atoms with Gasteiger partial charge in [-0.2, -0.15) is 5.10 Å². The summed E-state index contributed by atoms with van der Waals surface area (Å²) in [4.78, 5) is 13.1. The van der Waals surface area contributed by atoms with E-state index in [0.29, 0.717) is 0 Å². The molecule has 0 aliphatic rings. The van der Waals surface area contributed by atoms with E-state index in [4.69, 9.17) is 0 Å². The monoisotopic (exact) mass is 242 g/mol. The molecule has 0 amide bonds. The van der Waals surface area contributed by atoms with Crippen LogP contribution in [0, 0.1) is 0 Å². The standard InChI is InChI=1S/C8H20N.C3H3N3O2/c1-5-9(6-2,7-3)8-4;7-3(8)2-4-1-5-6-2/h5-8H2,1-4H3;1H,(H,7,8)(H,4,5,6)/q+1;/p-1. The number of hydrogen-bond acceptors (Lipinski definition) is 4. The van der Waals surface area contributed by atoms with Gasteiger partial charge in [0.2, 0.25) is 0 Å². The van der Waals surface area contributed by atoms with E-state index in [9.17, 15) is 9.90 Å². The maximum absolute atomic E-state index is 9.82. The number of carboxylic acid groups (broad SMARTS) is 1. The van der Waals surface area contributed by atoms with Crippen LogP contribution in [0.3, 0.4) is 0 Å². The van der Waals surface area contributed by atoms with E-state index in [0.717, 1.165) is 6.33 Å². The number of carboxylic acids is 1. The Morgan fingerprint density at radius 1 is 1.24 bits per heavy atom. The molecule has 1 heterocycles. The van der Waals surface area contributed by atoms with Gasteiger partial charge in [0, 0.05) is 0 Å². The zero-order valence-corrected chi connectivity index (χ0v) is 11.1. The van der Waals surface area contributed by atoms with Gasteiger partial charge in [-0.3, -0.25) is 5.10 Å². The quantitative estimate of drug-likeness (QED) is 0.740. The molecule has 0 aromatic carbocycles. The largest absolute Gasteiger partial charge is 0.542 e. The van der Waals surface area contributed by atoms with Crippen LogP contribution in [0.5, 0.6) is 0 Å². The number of carbonyl (C=O) groups is 1. The predicted octanol–water partition coefficient (Wildman–Crippen LogP) is 0.0510. The van der Waals surface area contributed by atoms with Crippen LogP contribution in [0.25, 0.3) is 0 Å². The molecule has 0 fully saturated rings. The van der Waals surface area contributed by atoms with Crippen molar-refractivity contribution in [1.29, 1.82) is 0 Å². The van der Waals surface area contributed by atoms with Crippen molar-refractivity contribution in [3.05, 3.63) is 12.2 Å². The number of quaternary nitrogens is 1. The van der Waals surface area contributed by atoms with Gasteiger partial charge in [-0.1, -0.05) is 0 Å². The lowest BCUT2D eigenvalue weighted by molar-refractivity contribution is -0.921. The van der Waals surface area contributed by atoms with Crippen molar-refractivity contribution in [3.63, 3.8) is 0 Å². The van der Waals surface area contributed by atoms with Gasteiger partial charge in [0.05, 0.1) is 26.2 Å².